The molecule has 2 nitrogen and oxygen atoms in total. The van der Waals surface area contributed by atoms with Crippen LogP contribution in [0.25, 0.3) is 0 Å². The van der Waals surface area contributed by atoms with E-state index in [1.54, 1.807) is 0 Å². The zero-order valence-electron chi connectivity index (χ0n) is 12.1. The molecule has 0 bridgehead atoms. The largest absolute Gasteiger partial charge is 0.329 e. The lowest BCUT2D eigenvalue weighted by molar-refractivity contribution is -0.128. The van der Waals surface area contributed by atoms with Crippen LogP contribution in [0.15, 0.2) is 0 Å². The third-order valence-electron chi connectivity index (χ3n) is 4.09. The Balaban J connectivity index is 3.83. The van der Waals surface area contributed by atoms with Crippen molar-refractivity contribution in [1.29, 1.82) is 0 Å². The standard InChI is InChI=1S/C15H31NO/c1-4-7-8-9-10-11-12-14(17)15(5-2,6-3)13-16/h4-13,16H2,1-3H3. The van der Waals surface area contributed by atoms with Crippen molar-refractivity contribution in [2.24, 2.45) is 11.1 Å². The van der Waals surface area contributed by atoms with Crippen LogP contribution >= 0.6 is 0 Å². The van der Waals surface area contributed by atoms with E-state index in [9.17, 15) is 4.79 Å². The third-order valence-corrected chi connectivity index (χ3v) is 4.09. The molecule has 0 atom stereocenters. The van der Waals surface area contributed by atoms with Gasteiger partial charge in [0.15, 0.2) is 0 Å². The minimum Gasteiger partial charge on any atom is -0.329 e. The highest BCUT2D eigenvalue weighted by molar-refractivity contribution is 5.84. The highest BCUT2D eigenvalue weighted by Crippen LogP contribution is 2.28. The van der Waals surface area contributed by atoms with E-state index in [2.05, 4.69) is 20.8 Å². The Kier molecular flexibility index (Phi) is 9.43. The number of nitrogens with two attached hydrogens (primary N) is 1. The predicted octanol–water partition coefficient (Wildman–Crippen LogP) is 4.07. The fraction of sp³-hybridized carbons (Fsp3) is 0.933. The van der Waals surface area contributed by atoms with Gasteiger partial charge in [0.05, 0.1) is 0 Å². The van der Waals surface area contributed by atoms with Crippen molar-refractivity contribution in [3.8, 4) is 0 Å². The van der Waals surface area contributed by atoms with Gasteiger partial charge in [-0.05, 0) is 19.3 Å². The third kappa shape index (κ3) is 5.67. The normalized spacial score (nSPS) is 11.8. The summed E-state index contributed by atoms with van der Waals surface area (Å²) in [6.07, 6.45) is 9.92. The van der Waals surface area contributed by atoms with Gasteiger partial charge in [-0.2, -0.15) is 0 Å². The fourth-order valence-electron chi connectivity index (χ4n) is 2.38. The topological polar surface area (TPSA) is 43.1 Å². The number of carbonyl (C=O) groups is 1. The molecule has 0 aliphatic heterocycles. The molecule has 2 N–H and O–H groups in total. The lowest BCUT2D eigenvalue weighted by Gasteiger charge is -2.28. The van der Waals surface area contributed by atoms with Crippen molar-refractivity contribution in [2.45, 2.75) is 78.6 Å². The Morgan fingerprint density at radius 1 is 0.941 bits per heavy atom. The first-order chi connectivity index (χ1) is 8.16. The molecule has 0 unspecified atom stereocenters. The molecule has 0 heterocycles. The van der Waals surface area contributed by atoms with E-state index in [-0.39, 0.29) is 5.41 Å². The monoisotopic (exact) mass is 241 g/mol. The molecule has 0 aliphatic carbocycles. The van der Waals surface area contributed by atoms with Crippen molar-refractivity contribution in [3.05, 3.63) is 0 Å². The SMILES string of the molecule is CCCCCCCCC(=O)C(CC)(CC)CN. The minimum absolute atomic E-state index is 0.233. The first-order valence-electron chi connectivity index (χ1n) is 7.40. The van der Waals surface area contributed by atoms with Gasteiger partial charge in [0.25, 0.3) is 0 Å². The number of unbranched alkanes of at least 4 members (excludes halogenated alkanes) is 5. The molecule has 0 spiro atoms. The highest BCUT2D eigenvalue weighted by atomic mass is 16.1. The summed E-state index contributed by atoms with van der Waals surface area (Å²) in [6.45, 7) is 6.89. The summed E-state index contributed by atoms with van der Waals surface area (Å²) < 4.78 is 0. The summed E-state index contributed by atoms with van der Waals surface area (Å²) in [5.41, 5.74) is 5.55. The van der Waals surface area contributed by atoms with Gasteiger partial charge in [-0.15, -0.1) is 0 Å². The summed E-state index contributed by atoms with van der Waals surface area (Å²) >= 11 is 0. The van der Waals surface area contributed by atoms with Crippen molar-refractivity contribution in [3.63, 3.8) is 0 Å². The van der Waals surface area contributed by atoms with Crippen LogP contribution in [0.2, 0.25) is 0 Å². The van der Waals surface area contributed by atoms with Crippen LogP contribution in [-0.4, -0.2) is 12.3 Å². The van der Waals surface area contributed by atoms with Crippen LogP contribution in [0, 0.1) is 5.41 Å². The van der Waals surface area contributed by atoms with Gasteiger partial charge in [0, 0.05) is 18.4 Å². The molecule has 0 saturated carbocycles. The van der Waals surface area contributed by atoms with Crippen molar-refractivity contribution >= 4 is 5.78 Å². The molecule has 0 saturated heterocycles. The summed E-state index contributed by atoms with van der Waals surface area (Å²) in [5, 5.41) is 0. The molecule has 0 aliphatic rings. The number of Topliss-reactive ketones (excluding diaryl/α,β-unsaturated/α-hetero) is 1. The van der Waals surface area contributed by atoms with Crippen molar-refractivity contribution < 1.29 is 4.79 Å². The van der Waals surface area contributed by atoms with Crippen molar-refractivity contribution in [1.82, 2.24) is 0 Å². The Bertz CT molecular complexity index is 189. The number of hydrogen-bond donors (Lipinski definition) is 1. The Labute approximate surface area is 107 Å². The molecule has 0 aromatic rings. The van der Waals surface area contributed by atoms with Crippen LogP contribution in [0.1, 0.15) is 78.6 Å². The quantitative estimate of drug-likeness (QED) is 0.554. The van der Waals surface area contributed by atoms with E-state index in [0.29, 0.717) is 12.3 Å². The lowest BCUT2D eigenvalue weighted by atomic mass is 9.76. The van der Waals surface area contributed by atoms with Crippen LogP contribution in [0.5, 0.6) is 0 Å². The summed E-state index contributed by atoms with van der Waals surface area (Å²) in [4.78, 5) is 12.2. The molecule has 102 valence electrons. The molecular formula is C15H31NO. The number of hydrogen-bond acceptors (Lipinski definition) is 2. The highest BCUT2D eigenvalue weighted by Gasteiger charge is 2.31. The predicted molar refractivity (Wildman–Crippen MR) is 75.1 cm³/mol. The zero-order chi connectivity index (χ0) is 13.1. The average Bonchev–Trinajstić information content (AvgIpc) is 2.36. The second-order valence-corrected chi connectivity index (χ2v) is 5.13. The summed E-state index contributed by atoms with van der Waals surface area (Å²) in [7, 11) is 0. The van der Waals surface area contributed by atoms with Crippen LogP contribution < -0.4 is 5.73 Å². The van der Waals surface area contributed by atoms with Gasteiger partial charge in [0.1, 0.15) is 5.78 Å². The molecule has 0 aromatic carbocycles. The van der Waals surface area contributed by atoms with Gasteiger partial charge in [-0.25, -0.2) is 0 Å². The minimum atomic E-state index is -0.233. The second kappa shape index (κ2) is 9.64. The van der Waals surface area contributed by atoms with Crippen LogP contribution in [0.3, 0.4) is 0 Å². The maximum Gasteiger partial charge on any atom is 0.140 e. The second-order valence-electron chi connectivity index (χ2n) is 5.13. The summed E-state index contributed by atoms with van der Waals surface area (Å²) in [5.74, 6) is 0.389. The molecular weight excluding hydrogens is 210 g/mol. The molecule has 0 rings (SSSR count). The van der Waals surface area contributed by atoms with Gasteiger partial charge >= 0.3 is 0 Å². The maximum atomic E-state index is 12.2. The first kappa shape index (κ1) is 16.6. The van der Waals surface area contributed by atoms with E-state index < -0.39 is 0 Å². The number of rotatable bonds is 11. The summed E-state index contributed by atoms with van der Waals surface area (Å²) in [6, 6.07) is 0. The van der Waals surface area contributed by atoms with Gasteiger partial charge in [-0.3, -0.25) is 4.79 Å². The molecule has 2 heteroatoms. The molecule has 17 heavy (non-hydrogen) atoms. The Morgan fingerprint density at radius 3 is 1.94 bits per heavy atom. The Morgan fingerprint density at radius 2 is 1.47 bits per heavy atom. The zero-order valence-corrected chi connectivity index (χ0v) is 12.1. The van der Waals surface area contributed by atoms with Crippen LogP contribution in [0.4, 0.5) is 0 Å². The smallest absolute Gasteiger partial charge is 0.140 e. The van der Waals surface area contributed by atoms with Gasteiger partial charge in [-0.1, -0.05) is 52.9 Å². The van der Waals surface area contributed by atoms with E-state index in [1.807, 2.05) is 0 Å². The van der Waals surface area contributed by atoms with Gasteiger partial charge < -0.3 is 5.73 Å². The van der Waals surface area contributed by atoms with Gasteiger partial charge in [0.2, 0.25) is 0 Å². The fourth-order valence-corrected chi connectivity index (χ4v) is 2.38. The van der Waals surface area contributed by atoms with E-state index in [1.165, 1.54) is 32.1 Å². The Hall–Kier alpha value is -0.370. The van der Waals surface area contributed by atoms with Crippen LogP contribution in [-0.2, 0) is 4.79 Å². The van der Waals surface area contributed by atoms with E-state index in [0.717, 1.165) is 25.7 Å². The number of ketones is 1. The van der Waals surface area contributed by atoms with Crippen molar-refractivity contribution in [2.75, 3.05) is 6.54 Å². The molecule has 0 aromatic heterocycles. The average molecular weight is 241 g/mol. The van der Waals surface area contributed by atoms with E-state index in [4.69, 9.17) is 5.73 Å². The molecule has 0 amide bonds. The first-order valence-corrected chi connectivity index (χ1v) is 7.40. The maximum absolute atomic E-state index is 12.2. The number of carbonyl (C=O) groups excluding carboxylic acids is 1. The lowest BCUT2D eigenvalue weighted by Crippen LogP contribution is -2.37. The van der Waals surface area contributed by atoms with E-state index >= 15 is 0 Å². The molecule has 0 fully saturated rings. The molecule has 0 radical (unpaired) electrons.